The van der Waals surface area contributed by atoms with Gasteiger partial charge in [0.1, 0.15) is 0 Å². The molecule has 0 fully saturated rings. The second-order valence-corrected chi connectivity index (χ2v) is 6.29. The molecule has 1 aliphatic heterocycles. The van der Waals surface area contributed by atoms with Gasteiger partial charge in [0.15, 0.2) is 0 Å². The van der Waals surface area contributed by atoms with Crippen molar-refractivity contribution in [1.29, 1.82) is 0 Å². The summed E-state index contributed by atoms with van der Waals surface area (Å²) in [5.41, 5.74) is 5.74. The largest absolute Gasteiger partial charge is 0.207 e. The molecule has 0 bridgehead atoms. The molecule has 0 saturated carbocycles. The first-order valence-electron chi connectivity index (χ1n) is 7.87. The molecule has 102 valence electrons. The zero-order valence-corrected chi connectivity index (χ0v) is 12.5. The lowest BCUT2D eigenvalue weighted by Crippen LogP contribution is -2.34. The molecular formula is C21H15B. The van der Waals surface area contributed by atoms with E-state index < -0.39 is 0 Å². The van der Waals surface area contributed by atoms with Crippen LogP contribution in [0.15, 0.2) is 72.8 Å². The van der Waals surface area contributed by atoms with Crippen LogP contribution in [0.3, 0.4) is 0 Å². The summed E-state index contributed by atoms with van der Waals surface area (Å²) in [6.45, 7) is 2.80. The Bertz CT molecular complexity index is 961. The molecule has 1 heteroatoms. The van der Waals surface area contributed by atoms with Crippen LogP contribution >= 0.6 is 0 Å². The predicted molar refractivity (Wildman–Crippen MR) is 97.8 cm³/mol. The number of rotatable bonds is 0. The van der Waals surface area contributed by atoms with Crippen LogP contribution in [0.2, 0.25) is 6.82 Å². The van der Waals surface area contributed by atoms with Crippen LogP contribution in [0.1, 0.15) is 0 Å². The van der Waals surface area contributed by atoms with E-state index in [0.29, 0.717) is 6.71 Å². The minimum absolute atomic E-state index is 0.471. The van der Waals surface area contributed by atoms with E-state index in [1.165, 1.54) is 43.6 Å². The quantitative estimate of drug-likeness (QED) is 0.423. The second kappa shape index (κ2) is 4.24. The zero-order chi connectivity index (χ0) is 14.7. The Morgan fingerprint density at radius 3 is 1.32 bits per heavy atom. The number of hydrogen-bond acceptors (Lipinski definition) is 0. The third kappa shape index (κ3) is 1.54. The summed E-state index contributed by atoms with van der Waals surface area (Å²) >= 11 is 0. The first-order chi connectivity index (χ1) is 10.8. The minimum Gasteiger partial charge on any atom is -0.0774 e. The average Bonchev–Trinajstić information content (AvgIpc) is 2.83. The van der Waals surface area contributed by atoms with Gasteiger partial charge in [-0.05, 0) is 44.8 Å². The Hall–Kier alpha value is -2.54. The molecular weight excluding hydrogens is 263 g/mol. The Kier molecular flexibility index (Phi) is 2.32. The maximum atomic E-state index is 2.38. The minimum atomic E-state index is 0.471. The highest BCUT2D eigenvalue weighted by atomic mass is 14.2. The van der Waals surface area contributed by atoms with Gasteiger partial charge in [-0.1, -0.05) is 78.4 Å². The molecule has 1 heterocycles. The van der Waals surface area contributed by atoms with E-state index in [4.69, 9.17) is 0 Å². The van der Waals surface area contributed by atoms with Crippen molar-refractivity contribution in [3.63, 3.8) is 0 Å². The summed E-state index contributed by atoms with van der Waals surface area (Å²) in [5, 5.41) is 5.33. The first kappa shape index (κ1) is 12.1. The van der Waals surface area contributed by atoms with Crippen molar-refractivity contribution in [2.75, 3.05) is 0 Å². The lowest BCUT2D eigenvalue weighted by molar-refractivity contribution is 1.74. The Morgan fingerprint density at radius 1 is 0.545 bits per heavy atom. The summed E-state index contributed by atoms with van der Waals surface area (Å²) in [7, 11) is 0. The van der Waals surface area contributed by atoms with E-state index in [1.807, 2.05) is 0 Å². The van der Waals surface area contributed by atoms with Crippen LogP contribution in [0.25, 0.3) is 32.7 Å². The molecule has 0 aliphatic carbocycles. The molecule has 0 spiro atoms. The van der Waals surface area contributed by atoms with Gasteiger partial charge in [0.05, 0.1) is 0 Å². The topological polar surface area (TPSA) is 0 Å². The van der Waals surface area contributed by atoms with Gasteiger partial charge in [0.25, 0.3) is 0 Å². The molecule has 0 nitrogen and oxygen atoms in total. The highest BCUT2D eigenvalue weighted by Crippen LogP contribution is 2.30. The summed E-state index contributed by atoms with van der Waals surface area (Å²) < 4.78 is 0. The summed E-state index contributed by atoms with van der Waals surface area (Å²) in [4.78, 5) is 0. The van der Waals surface area contributed by atoms with E-state index in [1.54, 1.807) is 0 Å². The maximum absolute atomic E-state index is 2.38. The fourth-order valence-electron chi connectivity index (χ4n) is 3.87. The smallest absolute Gasteiger partial charge is 0.0774 e. The van der Waals surface area contributed by atoms with Crippen LogP contribution < -0.4 is 10.9 Å². The first-order valence-corrected chi connectivity index (χ1v) is 7.87. The van der Waals surface area contributed by atoms with Crippen LogP contribution in [0.5, 0.6) is 0 Å². The molecule has 4 aromatic carbocycles. The van der Waals surface area contributed by atoms with Crippen LogP contribution in [0.4, 0.5) is 0 Å². The third-order valence-electron chi connectivity index (χ3n) is 5.06. The van der Waals surface area contributed by atoms with Crippen LogP contribution in [-0.4, -0.2) is 6.71 Å². The molecule has 0 amide bonds. The van der Waals surface area contributed by atoms with Gasteiger partial charge >= 0.3 is 0 Å². The lowest BCUT2D eigenvalue weighted by atomic mass is 9.45. The standard InChI is InChI=1S/C21H15B/c1-22-20-12-16-8-4-2-6-14(16)10-18(20)19-11-15-7-3-5-9-17(15)13-21(19)22/h2-13H,1H3. The van der Waals surface area contributed by atoms with Crippen molar-refractivity contribution in [3.05, 3.63) is 72.8 Å². The molecule has 0 N–H and O–H groups in total. The normalized spacial score (nSPS) is 12.7. The third-order valence-corrected chi connectivity index (χ3v) is 5.06. The zero-order valence-electron chi connectivity index (χ0n) is 12.5. The van der Waals surface area contributed by atoms with Crippen molar-refractivity contribution in [3.8, 4) is 11.1 Å². The van der Waals surface area contributed by atoms with E-state index in [0.717, 1.165) is 0 Å². The fraction of sp³-hybridized carbons (Fsp3) is 0.0476. The van der Waals surface area contributed by atoms with Gasteiger partial charge in [-0.15, -0.1) is 0 Å². The van der Waals surface area contributed by atoms with E-state index >= 15 is 0 Å². The number of fused-ring (bicyclic) bond motifs is 5. The van der Waals surface area contributed by atoms with Crippen LogP contribution in [0, 0.1) is 0 Å². The Morgan fingerprint density at radius 2 is 0.909 bits per heavy atom. The molecule has 22 heavy (non-hydrogen) atoms. The van der Waals surface area contributed by atoms with Crippen molar-refractivity contribution in [2.24, 2.45) is 0 Å². The van der Waals surface area contributed by atoms with Gasteiger partial charge in [0, 0.05) is 0 Å². The average molecular weight is 278 g/mol. The van der Waals surface area contributed by atoms with Gasteiger partial charge in [-0.2, -0.15) is 0 Å². The molecule has 0 saturated heterocycles. The van der Waals surface area contributed by atoms with Gasteiger partial charge in [-0.25, -0.2) is 0 Å². The van der Waals surface area contributed by atoms with E-state index in [2.05, 4.69) is 79.6 Å². The molecule has 0 aromatic heterocycles. The van der Waals surface area contributed by atoms with E-state index in [9.17, 15) is 0 Å². The van der Waals surface area contributed by atoms with E-state index in [-0.39, 0.29) is 0 Å². The number of benzene rings is 4. The van der Waals surface area contributed by atoms with Crippen molar-refractivity contribution < 1.29 is 0 Å². The van der Waals surface area contributed by atoms with Gasteiger partial charge < -0.3 is 0 Å². The Labute approximate surface area is 130 Å². The molecule has 4 aromatic rings. The monoisotopic (exact) mass is 278 g/mol. The van der Waals surface area contributed by atoms with Crippen molar-refractivity contribution in [1.82, 2.24) is 0 Å². The van der Waals surface area contributed by atoms with Crippen molar-refractivity contribution >= 4 is 39.2 Å². The summed E-state index contributed by atoms with van der Waals surface area (Å²) in [6.07, 6.45) is 0. The molecule has 0 unspecified atom stereocenters. The molecule has 0 atom stereocenters. The highest BCUT2D eigenvalue weighted by Gasteiger charge is 2.28. The second-order valence-electron chi connectivity index (χ2n) is 6.29. The van der Waals surface area contributed by atoms with Gasteiger partial charge in [-0.3, -0.25) is 0 Å². The molecule has 0 radical (unpaired) electrons. The molecule has 5 rings (SSSR count). The van der Waals surface area contributed by atoms with Gasteiger partial charge in [0.2, 0.25) is 6.71 Å². The highest BCUT2D eigenvalue weighted by molar-refractivity contribution is 6.89. The SMILES string of the molecule is CB1c2cc3ccccc3cc2-c2cc3ccccc3cc21. The fourth-order valence-corrected chi connectivity index (χ4v) is 3.87. The van der Waals surface area contributed by atoms with Crippen molar-refractivity contribution in [2.45, 2.75) is 6.82 Å². The summed E-state index contributed by atoms with van der Waals surface area (Å²) in [5.74, 6) is 0. The summed E-state index contributed by atoms with van der Waals surface area (Å²) in [6, 6.07) is 26.8. The predicted octanol–water partition coefficient (Wildman–Crippen LogP) is 4.21. The number of hydrogen-bond donors (Lipinski definition) is 0. The molecule has 1 aliphatic rings. The van der Waals surface area contributed by atoms with Crippen LogP contribution in [-0.2, 0) is 0 Å². The maximum Gasteiger partial charge on any atom is 0.207 e. The lowest BCUT2D eigenvalue weighted by Gasteiger charge is -2.06. The Balaban J connectivity index is 1.88.